The van der Waals surface area contributed by atoms with Gasteiger partial charge in [-0.15, -0.1) is 0 Å². The van der Waals surface area contributed by atoms with Gasteiger partial charge in [-0.3, -0.25) is 4.79 Å². The largest absolute Gasteiger partial charge is 0.461 e. The molecule has 1 heterocycles. The lowest BCUT2D eigenvalue weighted by Gasteiger charge is -2.19. The molecule has 2 atom stereocenters. The van der Waals surface area contributed by atoms with Gasteiger partial charge in [0, 0.05) is 0 Å². The van der Waals surface area contributed by atoms with Crippen LogP contribution in [0.4, 0.5) is 26.3 Å². The minimum absolute atomic E-state index is 0.958. The summed E-state index contributed by atoms with van der Waals surface area (Å²) >= 11 is 0. The lowest BCUT2D eigenvalue weighted by molar-refractivity contribution is -0.201. The Kier molecular flexibility index (Phi) is 3.82. The Morgan fingerprint density at radius 1 is 1.26 bits per heavy atom. The molecule has 0 N–H and O–H groups in total. The van der Waals surface area contributed by atoms with Crippen LogP contribution in [0.5, 0.6) is 0 Å². The molecular weight excluding hydrogens is 286 g/mol. The van der Waals surface area contributed by atoms with Crippen molar-refractivity contribution in [3.8, 4) is 0 Å². The van der Waals surface area contributed by atoms with Gasteiger partial charge in [-0.2, -0.15) is 26.3 Å². The number of alkyl halides is 6. The van der Waals surface area contributed by atoms with Crippen LogP contribution < -0.4 is 0 Å². The first-order valence-electron chi connectivity index (χ1n) is 4.65. The molecule has 0 aromatic rings. The Morgan fingerprint density at radius 2 is 1.79 bits per heavy atom. The second-order valence-corrected chi connectivity index (χ2v) is 3.57. The van der Waals surface area contributed by atoms with Gasteiger partial charge in [-0.25, -0.2) is 4.79 Å². The van der Waals surface area contributed by atoms with Gasteiger partial charge in [-0.1, -0.05) is 6.58 Å². The molecule has 1 saturated heterocycles. The molecule has 1 rings (SSSR count). The molecule has 0 aliphatic carbocycles. The summed E-state index contributed by atoms with van der Waals surface area (Å²) in [6, 6.07) is 0. The van der Waals surface area contributed by atoms with Crippen LogP contribution in [0, 0.1) is 5.92 Å². The fourth-order valence-corrected chi connectivity index (χ4v) is 1.27. The van der Waals surface area contributed by atoms with Crippen molar-refractivity contribution in [2.45, 2.75) is 18.5 Å². The first kappa shape index (κ1) is 15.3. The minimum atomic E-state index is -5.13. The summed E-state index contributed by atoms with van der Waals surface area (Å²) in [5.41, 5.74) is -1.97. The molecule has 1 aliphatic rings. The summed E-state index contributed by atoms with van der Waals surface area (Å²) in [5.74, 6) is -6.58. The predicted octanol–water partition coefficient (Wildman–Crippen LogP) is 1.75. The van der Waals surface area contributed by atoms with Gasteiger partial charge in [0.05, 0.1) is 0 Å². The average Bonchev–Trinajstić information content (AvgIpc) is 2.56. The number of halogens is 6. The summed E-state index contributed by atoms with van der Waals surface area (Å²) in [4.78, 5) is 21.8. The molecule has 4 nitrogen and oxygen atoms in total. The number of cyclic esters (lactones) is 1. The molecule has 19 heavy (non-hydrogen) atoms. The van der Waals surface area contributed by atoms with Gasteiger partial charge in [-0.05, 0) is 0 Å². The monoisotopic (exact) mass is 292 g/mol. The zero-order valence-corrected chi connectivity index (χ0v) is 8.97. The topological polar surface area (TPSA) is 52.6 Å². The van der Waals surface area contributed by atoms with Crippen LogP contribution in [0.1, 0.15) is 0 Å². The Hall–Kier alpha value is -1.74. The van der Waals surface area contributed by atoms with Crippen LogP contribution in [-0.4, -0.2) is 37.0 Å². The first-order valence-corrected chi connectivity index (χ1v) is 4.65. The van der Waals surface area contributed by atoms with E-state index in [1.807, 2.05) is 0 Å². The molecular formula is C9H6F6O4. The Bertz CT molecular complexity index is 410. The lowest BCUT2D eigenvalue weighted by Crippen LogP contribution is -2.39. The zero-order chi connectivity index (χ0) is 15.0. The summed E-state index contributed by atoms with van der Waals surface area (Å²) in [5, 5.41) is 0. The summed E-state index contributed by atoms with van der Waals surface area (Å²) in [6.45, 7) is 1.41. The number of carbonyl (C=O) groups is 2. The molecule has 1 aliphatic heterocycles. The fraction of sp³-hybridized carbons (Fsp3) is 0.556. The molecule has 1 fully saturated rings. The molecule has 0 saturated carbocycles. The first-order chi connectivity index (χ1) is 8.44. The molecule has 0 aromatic heterocycles. The molecule has 108 valence electrons. The maximum absolute atomic E-state index is 12.4. The van der Waals surface area contributed by atoms with E-state index in [1.54, 1.807) is 0 Å². The SMILES string of the molecule is C=C(C(=O)OC1COC(=O)C1C(F)(F)F)C(F)(F)F. The van der Waals surface area contributed by atoms with E-state index in [1.165, 1.54) is 0 Å². The smallest absolute Gasteiger partial charge is 0.422 e. The summed E-state index contributed by atoms with van der Waals surface area (Å²) < 4.78 is 81.4. The van der Waals surface area contributed by atoms with Gasteiger partial charge in [0.2, 0.25) is 0 Å². The van der Waals surface area contributed by atoms with Gasteiger partial charge in [0.15, 0.2) is 12.0 Å². The van der Waals surface area contributed by atoms with E-state index in [0.717, 1.165) is 0 Å². The quantitative estimate of drug-likeness (QED) is 0.442. The highest BCUT2D eigenvalue weighted by Crippen LogP contribution is 2.36. The number of carbonyl (C=O) groups excluding carboxylic acids is 2. The van der Waals surface area contributed by atoms with Gasteiger partial charge >= 0.3 is 24.3 Å². The number of hydrogen-bond acceptors (Lipinski definition) is 4. The molecule has 0 aromatic carbocycles. The second-order valence-electron chi connectivity index (χ2n) is 3.57. The van der Waals surface area contributed by atoms with Gasteiger partial charge < -0.3 is 9.47 Å². The molecule has 2 unspecified atom stereocenters. The normalized spacial score (nSPS) is 24.0. The van der Waals surface area contributed by atoms with E-state index in [-0.39, 0.29) is 0 Å². The van der Waals surface area contributed by atoms with Crippen LogP contribution in [0.15, 0.2) is 12.2 Å². The third-order valence-corrected chi connectivity index (χ3v) is 2.22. The van der Waals surface area contributed by atoms with E-state index < -0.39 is 48.5 Å². The van der Waals surface area contributed by atoms with Gasteiger partial charge in [0.25, 0.3) is 0 Å². The van der Waals surface area contributed by atoms with Crippen molar-refractivity contribution in [3.05, 3.63) is 12.2 Å². The highest BCUT2D eigenvalue weighted by molar-refractivity contribution is 5.89. The molecule has 0 spiro atoms. The van der Waals surface area contributed by atoms with E-state index in [0.29, 0.717) is 0 Å². The third kappa shape index (κ3) is 3.38. The maximum atomic E-state index is 12.4. The van der Waals surface area contributed by atoms with E-state index in [9.17, 15) is 35.9 Å². The summed E-state index contributed by atoms with van der Waals surface area (Å²) in [6.07, 6.45) is -12.4. The molecule has 0 bridgehead atoms. The van der Waals surface area contributed by atoms with Crippen LogP contribution >= 0.6 is 0 Å². The van der Waals surface area contributed by atoms with Crippen LogP contribution in [0.25, 0.3) is 0 Å². The van der Waals surface area contributed by atoms with Gasteiger partial charge in [0.1, 0.15) is 12.2 Å². The zero-order valence-electron chi connectivity index (χ0n) is 8.97. The third-order valence-electron chi connectivity index (χ3n) is 2.22. The van der Waals surface area contributed by atoms with Crippen molar-refractivity contribution >= 4 is 11.9 Å². The maximum Gasteiger partial charge on any atom is 0.422 e. The number of hydrogen-bond donors (Lipinski definition) is 0. The minimum Gasteiger partial charge on any atom is -0.461 e. The van der Waals surface area contributed by atoms with E-state index in [4.69, 9.17) is 0 Å². The highest BCUT2D eigenvalue weighted by Gasteiger charge is 2.57. The number of ether oxygens (including phenoxy) is 2. The standard InChI is InChI=1S/C9H6F6O4/c1-3(8(10,11)12)6(16)19-4-2-18-7(17)5(4)9(13,14)15/h4-5H,1-2H2. The number of esters is 2. The summed E-state index contributed by atoms with van der Waals surface area (Å²) in [7, 11) is 0. The van der Waals surface area contributed by atoms with Crippen molar-refractivity contribution < 1.29 is 45.4 Å². The van der Waals surface area contributed by atoms with Crippen LogP contribution in [-0.2, 0) is 19.1 Å². The Balaban J connectivity index is 2.80. The van der Waals surface area contributed by atoms with Crippen LogP contribution in [0.2, 0.25) is 0 Å². The van der Waals surface area contributed by atoms with E-state index >= 15 is 0 Å². The van der Waals surface area contributed by atoms with Crippen molar-refractivity contribution in [1.82, 2.24) is 0 Å². The molecule has 0 amide bonds. The second kappa shape index (κ2) is 4.74. The molecule has 0 radical (unpaired) electrons. The Morgan fingerprint density at radius 3 is 2.21 bits per heavy atom. The Labute approximate surface area is 102 Å². The number of rotatable bonds is 2. The predicted molar refractivity (Wildman–Crippen MR) is 45.6 cm³/mol. The average molecular weight is 292 g/mol. The highest BCUT2D eigenvalue weighted by atomic mass is 19.4. The molecule has 10 heteroatoms. The van der Waals surface area contributed by atoms with Crippen molar-refractivity contribution in [2.24, 2.45) is 5.92 Å². The van der Waals surface area contributed by atoms with Crippen molar-refractivity contribution in [3.63, 3.8) is 0 Å². The van der Waals surface area contributed by atoms with E-state index in [2.05, 4.69) is 16.1 Å². The fourth-order valence-electron chi connectivity index (χ4n) is 1.27. The van der Waals surface area contributed by atoms with Crippen molar-refractivity contribution in [2.75, 3.05) is 6.61 Å². The van der Waals surface area contributed by atoms with Crippen LogP contribution in [0.3, 0.4) is 0 Å². The van der Waals surface area contributed by atoms with Crippen molar-refractivity contribution in [1.29, 1.82) is 0 Å². The lowest BCUT2D eigenvalue weighted by atomic mass is 10.1.